The minimum Gasteiger partial charge on any atom is -0.337 e. The van der Waals surface area contributed by atoms with Gasteiger partial charge in [-0.15, -0.1) is 0 Å². The largest absolute Gasteiger partial charge is 0.337 e. The van der Waals surface area contributed by atoms with Crippen LogP contribution in [-0.4, -0.2) is 26.5 Å². The zero-order valence-electron chi connectivity index (χ0n) is 18.5. The summed E-state index contributed by atoms with van der Waals surface area (Å²) in [7, 11) is 0. The summed E-state index contributed by atoms with van der Waals surface area (Å²) >= 11 is 6.85. The monoisotopic (exact) mass is 501 g/mol. The highest BCUT2D eigenvalue weighted by molar-refractivity contribution is 8.18. The van der Waals surface area contributed by atoms with Crippen LogP contribution in [-0.2, 0) is 22.7 Å². The fraction of sp³-hybridized carbons (Fsp3) is 0.0741. The topological polar surface area (TPSA) is 71.4 Å². The van der Waals surface area contributed by atoms with Crippen LogP contribution in [0.5, 0.6) is 0 Å². The second kappa shape index (κ2) is 9.82. The second-order valence-corrected chi connectivity index (χ2v) is 9.47. The predicted molar refractivity (Wildman–Crippen MR) is 140 cm³/mol. The lowest BCUT2D eigenvalue weighted by Crippen LogP contribution is -2.27. The number of hydrogen-bond acceptors (Lipinski definition) is 4. The average Bonchev–Trinajstić information content (AvgIpc) is 3.33. The SMILES string of the molecule is O=C(Cn1cc(/C=C2/SC(=O)N(Cc3ccc(Cl)cc3)C2=O)c2ccccc21)Nc1ccccc1. The molecule has 3 aromatic carbocycles. The molecule has 3 amide bonds. The van der Waals surface area contributed by atoms with Gasteiger partial charge in [0.1, 0.15) is 6.54 Å². The summed E-state index contributed by atoms with van der Waals surface area (Å²) in [5.41, 5.74) is 3.18. The molecule has 0 spiro atoms. The van der Waals surface area contributed by atoms with Gasteiger partial charge >= 0.3 is 0 Å². The van der Waals surface area contributed by atoms with Crippen molar-refractivity contribution < 1.29 is 14.4 Å². The number of amides is 3. The van der Waals surface area contributed by atoms with E-state index in [9.17, 15) is 14.4 Å². The first-order valence-corrected chi connectivity index (χ1v) is 12.1. The maximum absolute atomic E-state index is 13.0. The molecule has 0 atom stereocenters. The molecule has 0 bridgehead atoms. The number of imide groups is 1. The number of thioether (sulfide) groups is 1. The number of nitrogens with zero attached hydrogens (tertiary/aromatic N) is 2. The molecular weight excluding hydrogens is 482 g/mol. The van der Waals surface area contributed by atoms with Gasteiger partial charge in [-0.2, -0.15) is 0 Å². The molecule has 5 rings (SSSR count). The maximum atomic E-state index is 13.0. The second-order valence-electron chi connectivity index (χ2n) is 8.04. The summed E-state index contributed by atoms with van der Waals surface area (Å²) in [5, 5.41) is 4.06. The quantitative estimate of drug-likeness (QED) is 0.321. The van der Waals surface area contributed by atoms with Crippen LogP contribution in [0.1, 0.15) is 11.1 Å². The lowest BCUT2D eigenvalue weighted by atomic mass is 10.1. The van der Waals surface area contributed by atoms with Crippen LogP contribution in [0.15, 0.2) is 90.0 Å². The maximum Gasteiger partial charge on any atom is 0.293 e. The molecule has 2 heterocycles. The Labute approximate surface area is 211 Å². The number of fused-ring (bicyclic) bond motifs is 1. The number of anilines is 1. The van der Waals surface area contributed by atoms with Crippen molar-refractivity contribution in [3.05, 3.63) is 106 Å². The number of hydrogen-bond donors (Lipinski definition) is 1. The number of para-hydroxylation sites is 2. The highest BCUT2D eigenvalue weighted by Crippen LogP contribution is 2.35. The van der Waals surface area contributed by atoms with E-state index in [1.807, 2.05) is 65.4 Å². The fourth-order valence-electron chi connectivity index (χ4n) is 3.95. The Morgan fingerprint density at radius 2 is 1.66 bits per heavy atom. The van der Waals surface area contributed by atoms with Crippen molar-refractivity contribution >= 4 is 63.1 Å². The summed E-state index contributed by atoms with van der Waals surface area (Å²) in [6.07, 6.45) is 3.56. The Balaban J connectivity index is 1.39. The number of rotatable bonds is 6. The van der Waals surface area contributed by atoms with E-state index in [0.29, 0.717) is 9.93 Å². The third kappa shape index (κ3) is 5.01. The minimum absolute atomic E-state index is 0.112. The van der Waals surface area contributed by atoms with Gasteiger partial charge < -0.3 is 9.88 Å². The van der Waals surface area contributed by atoms with Crippen molar-refractivity contribution in [1.82, 2.24) is 9.47 Å². The van der Waals surface area contributed by atoms with Gasteiger partial charge in [0.2, 0.25) is 5.91 Å². The Morgan fingerprint density at radius 3 is 2.43 bits per heavy atom. The van der Waals surface area contributed by atoms with Crippen LogP contribution in [0.3, 0.4) is 0 Å². The van der Waals surface area contributed by atoms with Crippen molar-refractivity contribution in [3.8, 4) is 0 Å². The minimum atomic E-state index is -0.339. The first-order chi connectivity index (χ1) is 17.0. The molecule has 0 unspecified atom stereocenters. The van der Waals surface area contributed by atoms with Crippen molar-refractivity contribution in [2.75, 3.05) is 5.32 Å². The first kappa shape index (κ1) is 23.0. The summed E-state index contributed by atoms with van der Waals surface area (Å²) in [6.45, 7) is 0.294. The smallest absolute Gasteiger partial charge is 0.293 e. The van der Waals surface area contributed by atoms with Crippen molar-refractivity contribution in [2.24, 2.45) is 0 Å². The molecule has 1 saturated heterocycles. The third-order valence-corrected chi connectivity index (χ3v) is 6.76. The van der Waals surface area contributed by atoms with Crippen molar-refractivity contribution in [2.45, 2.75) is 13.1 Å². The van der Waals surface area contributed by atoms with Crippen LogP contribution >= 0.6 is 23.4 Å². The number of carbonyl (C=O) groups is 3. The van der Waals surface area contributed by atoms with Crippen LogP contribution in [0.4, 0.5) is 10.5 Å². The molecule has 0 saturated carbocycles. The van der Waals surface area contributed by atoms with Crippen LogP contribution < -0.4 is 5.32 Å². The standard InChI is InChI=1S/C27H20ClN3O3S/c28-20-12-10-18(11-13-20)15-31-26(33)24(35-27(31)34)14-19-16-30(23-9-5-4-8-22(19)23)17-25(32)29-21-6-2-1-3-7-21/h1-14,16H,15,17H2,(H,29,32)/b24-14+. The predicted octanol–water partition coefficient (Wildman–Crippen LogP) is 6.17. The van der Waals surface area contributed by atoms with Gasteiger partial charge in [0.15, 0.2) is 0 Å². The molecule has 1 N–H and O–H groups in total. The molecule has 6 nitrogen and oxygen atoms in total. The molecular formula is C27H20ClN3O3S. The van der Waals surface area contributed by atoms with Gasteiger partial charge in [0.25, 0.3) is 11.1 Å². The number of carbonyl (C=O) groups excluding carboxylic acids is 3. The molecule has 174 valence electrons. The Bertz CT molecular complexity index is 1460. The normalized spacial score (nSPS) is 14.8. The molecule has 4 aromatic rings. The zero-order valence-corrected chi connectivity index (χ0v) is 20.1. The van der Waals surface area contributed by atoms with Crippen molar-refractivity contribution in [1.29, 1.82) is 0 Å². The van der Waals surface area contributed by atoms with Crippen LogP contribution in [0.2, 0.25) is 5.02 Å². The molecule has 1 aliphatic rings. The summed E-state index contributed by atoms with van der Waals surface area (Å²) in [6, 6.07) is 24.0. The number of aromatic nitrogens is 1. The lowest BCUT2D eigenvalue weighted by Gasteiger charge is -2.12. The van der Waals surface area contributed by atoms with E-state index < -0.39 is 0 Å². The fourth-order valence-corrected chi connectivity index (χ4v) is 4.90. The van der Waals surface area contributed by atoms with Crippen molar-refractivity contribution in [3.63, 3.8) is 0 Å². The first-order valence-electron chi connectivity index (χ1n) is 10.9. The summed E-state index contributed by atoms with van der Waals surface area (Å²) < 4.78 is 1.84. The molecule has 1 fully saturated rings. The van der Waals surface area contributed by atoms with E-state index in [0.717, 1.165) is 39.5 Å². The molecule has 1 aromatic heterocycles. The zero-order chi connectivity index (χ0) is 24.4. The Hall–Kier alpha value is -3.81. The highest BCUT2D eigenvalue weighted by Gasteiger charge is 2.35. The number of benzene rings is 3. The van der Waals surface area contributed by atoms with E-state index in [-0.39, 0.29) is 30.1 Å². The van der Waals surface area contributed by atoms with Gasteiger partial charge in [-0.1, -0.05) is 60.1 Å². The Kier molecular flexibility index (Phi) is 6.44. The van der Waals surface area contributed by atoms with Crippen LogP contribution in [0, 0.1) is 0 Å². The molecule has 1 aliphatic heterocycles. The molecule has 0 radical (unpaired) electrons. The van der Waals surface area contributed by atoms with Gasteiger partial charge in [0, 0.05) is 33.4 Å². The molecule has 8 heteroatoms. The van der Waals surface area contributed by atoms with E-state index in [1.165, 1.54) is 4.90 Å². The van der Waals surface area contributed by atoms with E-state index in [4.69, 9.17) is 11.6 Å². The summed E-state index contributed by atoms with van der Waals surface area (Å²) in [5.74, 6) is -0.500. The van der Waals surface area contributed by atoms with E-state index in [2.05, 4.69) is 5.32 Å². The van der Waals surface area contributed by atoms with E-state index >= 15 is 0 Å². The summed E-state index contributed by atoms with van der Waals surface area (Å²) in [4.78, 5) is 39.8. The van der Waals surface area contributed by atoms with Gasteiger partial charge in [-0.3, -0.25) is 19.3 Å². The Morgan fingerprint density at radius 1 is 0.943 bits per heavy atom. The number of nitrogens with one attached hydrogen (secondary N) is 1. The highest BCUT2D eigenvalue weighted by atomic mass is 35.5. The van der Waals surface area contributed by atoms with Crippen LogP contribution in [0.25, 0.3) is 17.0 Å². The average molecular weight is 502 g/mol. The van der Waals surface area contributed by atoms with Gasteiger partial charge in [0.05, 0.1) is 11.4 Å². The number of halogens is 1. The van der Waals surface area contributed by atoms with E-state index in [1.54, 1.807) is 30.3 Å². The van der Waals surface area contributed by atoms with Gasteiger partial charge in [-0.05, 0) is 53.7 Å². The lowest BCUT2D eigenvalue weighted by molar-refractivity contribution is -0.123. The molecule has 35 heavy (non-hydrogen) atoms. The van der Waals surface area contributed by atoms with Gasteiger partial charge in [-0.25, -0.2) is 0 Å². The third-order valence-electron chi connectivity index (χ3n) is 5.61. The molecule has 0 aliphatic carbocycles.